The Morgan fingerprint density at radius 2 is 1.68 bits per heavy atom. The summed E-state index contributed by atoms with van der Waals surface area (Å²) in [6.45, 7) is 7.03. The second kappa shape index (κ2) is 7.12. The van der Waals surface area contributed by atoms with Crippen LogP contribution in [0.3, 0.4) is 0 Å². The number of rotatable bonds is 3. The van der Waals surface area contributed by atoms with Crippen molar-refractivity contribution in [3.63, 3.8) is 0 Å². The van der Waals surface area contributed by atoms with Crippen molar-refractivity contribution < 1.29 is 20.1 Å². The summed E-state index contributed by atoms with van der Waals surface area (Å²) >= 11 is 0. The molecule has 158 valence electrons. The van der Waals surface area contributed by atoms with Crippen LogP contribution in [0.4, 0.5) is 0 Å². The lowest BCUT2D eigenvalue weighted by Gasteiger charge is -2.62. The molecule has 0 aromatic heterocycles. The fourth-order valence-corrected chi connectivity index (χ4v) is 8.47. The van der Waals surface area contributed by atoms with Gasteiger partial charge in [-0.1, -0.05) is 26.8 Å². The first-order chi connectivity index (χ1) is 13.2. The number of allylic oxidation sites excluding steroid dienone is 1. The largest absolute Gasteiger partial charge is 0.478 e. The molecule has 0 aliphatic heterocycles. The van der Waals surface area contributed by atoms with Crippen molar-refractivity contribution in [3.05, 3.63) is 12.2 Å². The summed E-state index contributed by atoms with van der Waals surface area (Å²) in [6.07, 6.45) is 11.1. The number of aliphatic hydroxyl groups excluding tert-OH is 2. The molecule has 0 spiro atoms. The van der Waals surface area contributed by atoms with E-state index in [4.69, 9.17) is 5.11 Å². The highest BCUT2D eigenvalue weighted by molar-refractivity contribution is 5.79. The van der Waals surface area contributed by atoms with Crippen LogP contribution in [0.15, 0.2) is 12.2 Å². The van der Waals surface area contributed by atoms with Crippen molar-refractivity contribution in [2.24, 2.45) is 46.3 Å². The molecular formula is C24H38O4. The van der Waals surface area contributed by atoms with Crippen LogP contribution in [0.1, 0.15) is 72.1 Å². The van der Waals surface area contributed by atoms with Gasteiger partial charge in [-0.25, -0.2) is 4.79 Å². The third-order valence-electron chi connectivity index (χ3n) is 9.91. The van der Waals surface area contributed by atoms with Crippen LogP contribution < -0.4 is 0 Å². The van der Waals surface area contributed by atoms with Crippen molar-refractivity contribution in [3.8, 4) is 0 Å². The van der Waals surface area contributed by atoms with Crippen molar-refractivity contribution >= 4 is 5.97 Å². The molecule has 0 saturated heterocycles. The van der Waals surface area contributed by atoms with E-state index in [1.807, 2.05) is 6.08 Å². The molecule has 4 aliphatic carbocycles. The molecule has 0 unspecified atom stereocenters. The number of carboxylic acid groups (broad SMARTS) is 1. The van der Waals surface area contributed by atoms with Crippen LogP contribution in [-0.2, 0) is 4.79 Å². The zero-order valence-electron chi connectivity index (χ0n) is 17.7. The van der Waals surface area contributed by atoms with Crippen LogP contribution >= 0.6 is 0 Å². The normalized spacial score (nSPS) is 52.0. The third-order valence-corrected chi connectivity index (χ3v) is 9.91. The maximum atomic E-state index is 11.2. The van der Waals surface area contributed by atoms with Gasteiger partial charge in [0.1, 0.15) is 0 Å². The summed E-state index contributed by atoms with van der Waals surface area (Å²) in [7, 11) is 0. The molecule has 0 aromatic carbocycles. The Bertz CT molecular complexity index is 645. The summed E-state index contributed by atoms with van der Waals surface area (Å²) in [6, 6.07) is 0. The molecule has 0 heterocycles. The van der Waals surface area contributed by atoms with Crippen molar-refractivity contribution in [1.29, 1.82) is 0 Å². The van der Waals surface area contributed by atoms with Gasteiger partial charge in [0.25, 0.3) is 0 Å². The molecular weight excluding hydrogens is 352 g/mol. The molecule has 10 atom stereocenters. The van der Waals surface area contributed by atoms with Gasteiger partial charge in [0.2, 0.25) is 0 Å². The number of aliphatic carboxylic acids is 1. The second-order valence-corrected chi connectivity index (χ2v) is 11.0. The molecule has 4 fully saturated rings. The summed E-state index contributed by atoms with van der Waals surface area (Å²) in [4.78, 5) is 11.0. The van der Waals surface area contributed by atoms with Crippen molar-refractivity contribution in [2.75, 3.05) is 0 Å². The molecule has 4 heteroatoms. The highest BCUT2D eigenvalue weighted by atomic mass is 16.4. The van der Waals surface area contributed by atoms with E-state index in [1.165, 1.54) is 18.9 Å². The Morgan fingerprint density at radius 3 is 2.39 bits per heavy atom. The Kier molecular flexibility index (Phi) is 5.19. The molecule has 4 aliphatic rings. The third kappa shape index (κ3) is 3.06. The highest BCUT2D eigenvalue weighted by Crippen LogP contribution is 2.68. The second-order valence-electron chi connectivity index (χ2n) is 11.0. The van der Waals surface area contributed by atoms with Gasteiger partial charge in [0.05, 0.1) is 12.2 Å². The van der Waals surface area contributed by atoms with Crippen LogP contribution in [0.2, 0.25) is 0 Å². The fraction of sp³-hybridized carbons (Fsp3) is 0.875. The molecule has 0 amide bonds. The summed E-state index contributed by atoms with van der Waals surface area (Å²) < 4.78 is 0. The van der Waals surface area contributed by atoms with Gasteiger partial charge in [0.15, 0.2) is 0 Å². The molecule has 0 aromatic rings. The Labute approximate surface area is 169 Å². The van der Waals surface area contributed by atoms with Gasteiger partial charge in [-0.05, 0) is 97.7 Å². The Hall–Kier alpha value is -0.870. The minimum Gasteiger partial charge on any atom is -0.478 e. The van der Waals surface area contributed by atoms with E-state index in [0.29, 0.717) is 29.6 Å². The van der Waals surface area contributed by atoms with Crippen LogP contribution in [0.5, 0.6) is 0 Å². The van der Waals surface area contributed by atoms with Gasteiger partial charge < -0.3 is 15.3 Å². The maximum absolute atomic E-state index is 11.2. The quantitative estimate of drug-likeness (QED) is 0.630. The van der Waals surface area contributed by atoms with Crippen molar-refractivity contribution in [2.45, 2.75) is 84.3 Å². The highest BCUT2D eigenvalue weighted by Gasteiger charge is 2.62. The average molecular weight is 391 g/mol. The van der Waals surface area contributed by atoms with Crippen LogP contribution in [0.25, 0.3) is 0 Å². The predicted octanol–water partition coefficient (Wildman–Crippen LogP) is 4.25. The number of carbonyl (C=O) groups is 1. The molecule has 3 N–H and O–H groups in total. The number of fused-ring (bicyclic) bond motifs is 5. The van der Waals surface area contributed by atoms with Gasteiger partial charge in [-0.3, -0.25) is 0 Å². The lowest BCUT2D eigenvalue weighted by Crippen LogP contribution is -2.58. The Balaban J connectivity index is 1.59. The lowest BCUT2D eigenvalue weighted by atomic mass is 9.43. The number of hydrogen-bond donors (Lipinski definition) is 3. The zero-order valence-corrected chi connectivity index (χ0v) is 17.7. The summed E-state index contributed by atoms with van der Waals surface area (Å²) in [5.74, 6) is 1.82. The van der Waals surface area contributed by atoms with Crippen LogP contribution in [-0.4, -0.2) is 33.5 Å². The number of carboxylic acids is 1. The van der Waals surface area contributed by atoms with Gasteiger partial charge in [0, 0.05) is 6.08 Å². The van der Waals surface area contributed by atoms with E-state index in [0.717, 1.165) is 38.5 Å². The lowest BCUT2D eigenvalue weighted by molar-refractivity contribution is -0.173. The Morgan fingerprint density at radius 1 is 1.00 bits per heavy atom. The average Bonchev–Trinajstić information content (AvgIpc) is 2.98. The molecule has 0 radical (unpaired) electrons. The molecule has 4 saturated carbocycles. The van der Waals surface area contributed by atoms with Gasteiger partial charge >= 0.3 is 5.97 Å². The minimum absolute atomic E-state index is 0.187. The molecule has 4 nitrogen and oxygen atoms in total. The fourth-order valence-electron chi connectivity index (χ4n) is 8.47. The van der Waals surface area contributed by atoms with Gasteiger partial charge in [-0.15, -0.1) is 0 Å². The van der Waals surface area contributed by atoms with Gasteiger partial charge in [-0.2, -0.15) is 0 Å². The minimum atomic E-state index is -0.864. The summed E-state index contributed by atoms with van der Waals surface area (Å²) in [5, 5.41) is 30.4. The van der Waals surface area contributed by atoms with E-state index >= 15 is 0 Å². The van der Waals surface area contributed by atoms with E-state index in [-0.39, 0.29) is 29.0 Å². The topological polar surface area (TPSA) is 77.8 Å². The van der Waals surface area contributed by atoms with Crippen LogP contribution in [0, 0.1) is 46.3 Å². The van der Waals surface area contributed by atoms with Crippen molar-refractivity contribution in [1.82, 2.24) is 0 Å². The first-order valence-electron chi connectivity index (χ1n) is 11.4. The molecule has 0 bridgehead atoms. The molecule has 28 heavy (non-hydrogen) atoms. The smallest absolute Gasteiger partial charge is 0.327 e. The van der Waals surface area contributed by atoms with E-state index < -0.39 is 5.97 Å². The number of aliphatic hydroxyl groups is 2. The van der Waals surface area contributed by atoms with E-state index in [2.05, 4.69) is 20.8 Å². The number of hydrogen-bond acceptors (Lipinski definition) is 3. The standard InChI is InChI=1S/C24H38O4/c1-14(4-7-21(27)28)17-5-6-18-22-19(9-11-24(17,18)3)23(2)10-8-16(25)12-15(23)13-20(22)26/h4,7,14-20,22,25-26H,5-6,8-13H2,1-3H3,(H,27,28)/b7-4+/t14-,15+,16-,17-,18+,19+,20+,22+,23+,24-/m1/s1. The molecule has 4 rings (SSSR count). The maximum Gasteiger partial charge on any atom is 0.327 e. The first kappa shape index (κ1) is 20.4. The predicted molar refractivity (Wildman–Crippen MR) is 109 cm³/mol. The first-order valence-corrected chi connectivity index (χ1v) is 11.4. The van der Waals surface area contributed by atoms with E-state index in [9.17, 15) is 15.0 Å². The summed E-state index contributed by atoms with van der Waals surface area (Å²) in [5.41, 5.74) is 0.457. The monoisotopic (exact) mass is 390 g/mol. The van der Waals surface area contributed by atoms with E-state index in [1.54, 1.807) is 0 Å². The SMILES string of the molecule is C[C@H](/C=C/C(=O)O)[C@H]1CC[C@H]2[C@@H]3[C@@H](O)C[C@@H]4C[C@H](O)CC[C@]4(C)[C@H]3CC[C@]12C. The zero-order chi connectivity index (χ0) is 20.3.